The Kier molecular flexibility index (Phi) is 4.99. The molecule has 0 bridgehead atoms. The third-order valence-corrected chi connectivity index (χ3v) is 2.05. The molecule has 94 valence electrons. The molecule has 1 aromatic carbocycles. The van der Waals surface area contributed by atoms with Crippen molar-refractivity contribution in [2.75, 3.05) is 20.3 Å². The second kappa shape index (κ2) is 6.27. The fourth-order valence-corrected chi connectivity index (χ4v) is 1.29. The van der Waals surface area contributed by atoms with Crippen LogP contribution in [0.1, 0.15) is 10.4 Å². The molecule has 0 aliphatic rings. The molecule has 0 aliphatic heterocycles. The van der Waals surface area contributed by atoms with E-state index < -0.39 is 23.6 Å². The van der Waals surface area contributed by atoms with Crippen LogP contribution in [0.5, 0.6) is 0 Å². The van der Waals surface area contributed by atoms with Crippen molar-refractivity contribution in [3.05, 3.63) is 35.4 Å². The van der Waals surface area contributed by atoms with Crippen LogP contribution in [0.4, 0.5) is 8.78 Å². The van der Waals surface area contributed by atoms with Crippen LogP contribution in [0.3, 0.4) is 0 Å². The first-order valence-corrected chi connectivity index (χ1v) is 4.93. The summed E-state index contributed by atoms with van der Waals surface area (Å²) in [6, 6.07) is 1.90. The van der Waals surface area contributed by atoms with Crippen LogP contribution in [-0.4, -0.2) is 37.4 Å². The molecule has 2 N–H and O–H groups in total. The van der Waals surface area contributed by atoms with Gasteiger partial charge in [0.1, 0.15) is 11.6 Å². The van der Waals surface area contributed by atoms with Crippen LogP contribution in [0.15, 0.2) is 18.2 Å². The van der Waals surface area contributed by atoms with E-state index in [1.165, 1.54) is 7.11 Å². The van der Waals surface area contributed by atoms with Gasteiger partial charge in [0, 0.05) is 18.7 Å². The van der Waals surface area contributed by atoms with E-state index in [-0.39, 0.29) is 18.8 Å². The molecule has 1 amide bonds. The van der Waals surface area contributed by atoms with Crippen molar-refractivity contribution < 1.29 is 23.4 Å². The van der Waals surface area contributed by atoms with Gasteiger partial charge in [0.25, 0.3) is 5.91 Å². The second-order valence-corrected chi connectivity index (χ2v) is 3.47. The molecule has 0 aliphatic carbocycles. The van der Waals surface area contributed by atoms with E-state index in [2.05, 4.69) is 5.32 Å². The van der Waals surface area contributed by atoms with Crippen molar-refractivity contribution in [2.24, 2.45) is 0 Å². The minimum absolute atomic E-state index is 0.111. The Balaban J connectivity index is 2.75. The zero-order valence-corrected chi connectivity index (χ0v) is 9.24. The molecule has 17 heavy (non-hydrogen) atoms. The zero-order valence-electron chi connectivity index (χ0n) is 9.24. The summed E-state index contributed by atoms with van der Waals surface area (Å²) in [6.45, 7) is -0.211. The van der Waals surface area contributed by atoms with Crippen LogP contribution in [0, 0.1) is 11.6 Å². The van der Waals surface area contributed by atoms with Gasteiger partial charge in [-0.3, -0.25) is 4.79 Å². The number of hydrogen-bond acceptors (Lipinski definition) is 3. The minimum atomic E-state index is -0.831. The van der Waals surface area contributed by atoms with Crippen molar-refractivity contribution in [1.29, 1.82) is 0 Å². The molecule has 6 heteroatoms. The lowest BCUT2D eigenvalue weighted by Gasteiger charge is -2.15. The van der Waals surface area contributed by atoms with Gasteiger partial charge in [0.05, 0.1) is 19.3 Å². The number of carbonyl (C=O) groups is 1. The number of carbonyl (C=O) groups excluding carboxylic acids is 1. The van der Waals surface area contributed by atoms with Gasteiger partial charge in [0.2, 0.25) is 0 Å². The van der Waals surface area contributed by atoms with E-state index >= 15 is 0 Å². The Bertz CT molecular complexity index is 378. The number of aliphatic hydroxyl groups is 1. The van der Waals surface area contributed by atoms with Crippen molar-refractivity contribution in [1.82, 2.24) is 5.32 Å². The first-order valence-electron chi connectivity index (χ1n) is 4.93. The van der Waals surface area contributed by atoms with Gasteiger partial charge >= 0.3 is 0 Å². The first-order chi connectivity index (χ1) is 8.06. The zero-order chi connectivity index (χ0) is 12.8. The summed E-state index contributed by atoms with van der Waals surface area (Å²) in [4.78, 5) is 11.6. The molecule has 1 aromatic rings. The minimum Gasteiger partial charge on any atom is -0.394 e. The Labute approximate surface area is 97.2 Å². The largest absolute Gasteiger partial charge is 0.394 e. The van der Waals surface area contributed by atoms with Gasteiger partial charge < -0.3 is 15.2 Å². The summed E-state index contributed by atoms with van der Waals surface area (Å²) in [7, 11) is 1.41. The van der Waals surface area contributed by atoms with E-state index in [1.807, 2.05) is 0 Å². The van der Waals surface area contributed by atoms with Crippen LogP contribution in [0.2, 0.25) is 0 Å². The summed E-state index contributed by atoms with van der Waals surface area (Å²) < 4.78 is 30.5. The Morgan fingerprint density at radius 3 is 2.47 bits per heavy atom. The Morgan fingerprint density at radius 1 is 1.41 bits per heavy atom. The predicted octanol–water partition coefficient (Wildman–Crippen LogP) is 0.702. The van der Waals surface area contributed by atoms with Crippen LogP contribution in [-0.2, 0) is 4.74 Å². The number of rotatable bonds is 5. The average molecular weight is 245 g/mol. The molecule has 0 saturated heterocycles. The van der Waals surface area contributed by atoms with Gasteiger partial charge in [-0.2, -0.15) is 0 Å². The third-order valence-electron chi connectivity index (χ3n) is 2.05. The lowest BCUT2D eigenvalue weighted by molar-refractivity contribution is 0.0839. The third kappa shape index (κ3) is 4.08. The maximum atomic E-state index is 12.9. The van der Waals surface area contributed by atoms with Gasteiger partial charge in [-0.05, 0) is 12.1 Å². The number of nitrogens with one attached hydrogen (secondary N) is 1. The summed E-state index contributed by atoms with van der Waals surface area (Å²) in [6.07, 6.45) is 0. The lowest BCUT2D eigenvalue weighted by Crippen LogP contribution is -2.40. The molecular formula is C11H13F2NO3. The number of aliphatic hydroxyl groups excluding tert-OH is 1. The normalized spacial score (nSPS) is 12.2. The van der Waals surface area contributed by atoms with Crippen molar-refractivity contribution in [3.63, 3.8) is 0 Å². The van der Waals surface area contributed by atoms with E-state index in [1.54, 1.807) is 0 Å². The van der Waals surface area contributed by atoms with Crippen molar-refractivity contribution >= 4 is 5.91 Å². The van der Waals surface area contributed by atoms with E-state index in [9.17, 15) is 13.6 Å². The van der Waals surface area contributed by atoms with Gasteiger partial charge in [-0.1, -0.05) is 0 Å². The molecular weight excluding hydrogens is 232 g/mol. The second-order valence-electron chi connectivity index (χ2n) is 3.47. The summed E-state index contributed by atoms with van der Waals surface area (Å²) in [5.74, 6) is -2.33. The van der Waals surface area contributed by atoms with E-state index in [4.69, 9.17) is 9.84 Å². The monoisotopic (exact) mass is 245 g/mol. The molecule has 1 atom stereocenters. The maximum Gasteiger partial charge on any atom is 0.251 e. The number of ether oxygens (including phenoxy) is 1. The van der Waals surface area contributed by atoms with E-state index in [0.29, 0.717) is 6.07 Å². The predicted molar refractivity (Wildman–Crippen MR) is 56.6 cm³/mol. The number of methoxy groups -OCH3 is 1. The lowest BCUT2D eigenvalue weighted by atomic mass is 10.2. The van der Waals surface area contributed by atoms with Gasteiger partial charge in [0.15, 0.2) is 0 Å². The smallest absolute Gasteiger partial charge is 0.251 e. The van der Waals surface area contributed by atoms with Crippen LogP contribution in [0.25, 0.3) is 0 Å². The molecule has 0 heterocycles. The Hall–Kier alpha value is -1.53. The fourth-order valence-electron chi connectivity index (χ4n) is 1.29. The highest BCUT2D eigenvalue weighted by Crippen LogP contribution is 2.08. The van der Waals surface area contributed by atoms with Crippen molar-refractivity contribution in [2.45, 2.75) is 6.04 Å². The van der Waals surface area contributed by atoms with Crippen LogP contribution >= 0.6 is 0 Å². The first kappa shape index (κ1) is 13.5. The number of amides is 1. The highest BCUT2D eigenvalue weighted by Gasteiger charge is 2.14. The fraction of sp³-hybridized carbons (Fsp3) is 0.364. The molecule has 1 rings (SSSR count). The topological polar surface area (TPSA) is 58.6 Å². The SMILES string of the molecule is COCC(CO)NC(=O)c1cc(F)cc(F)c1. The standard InChI is InChI=1S/C11H13F2NO3/c1-17-6-10(5-15)14-11(16)7-2-8(12)4-9(13)3-7/h2-4,10,15H,5-6H2,1H3,(H,14,16). The Morgan fingerprint density at radius 2 is 2.00 bits per heavy atom. The van der Waals surface area contributed by atoms with Crippen molar-refractivity contribution in [3.8, 4) is 0 Å². The number of benzene rings is 1. The maximum absolute atomic E-state index is 12.9. The average Bonchev–Trinajstić information content (AvgIpc) is 2.27. The molecule has 0 saturated carbocycles. The molecule has 0 radical (unpaired) electrons. The summed E-state index contributed by atoms with van der Waals surface area (Å²) in [5, 5.41) is 11.3. The highest BCUT2D eigenvalue weighted by atomic mass is 19.1. The number of halogens is 2. The molecule has 0 spiro atoms. The molecule has 4 nitrogen and oxygen atoms in total. The summed E-state index contributed by atoms with van der Waals surface area (Å²) in [5.41, 5.74) is -0.142. The highest BCUT2D eigenvalue weighted by molar-refractivity contribution is 5.94. The molecule has 0 fully saturated rings. The van der Waals surface area contributed by atoms with E-state index in [0.717, 1.165) is 12.1 Å². The van der Waals surface area contributed by atoms with Gasteiger partial charge in [-0.25, -0.2) is 8.78 Å². The molecule has 0 aromatic heterocycles. The molecule has 1 unspecified atom stereocenters. The van der Waals surface area contributed by atoms with Crippen LogP contribution < -0.4 is 5.32 Å². The summed E-state index contributed by atoms with van der Waals surface area (Å²) >= 11 is 0. The number of hydrogen-bond donors (Lipinski definition) is 2. The quantitative estimate of drug-likeness (QED) is 0.803. The van der Waals surface area contributed by atoms with Gasteiger partial charge in [-0.15, -0.1) is 0 Å².